The van der Waals surface area contributed by atoms with E-state index in [9.17, 15) is 9.90 Å². The van der Waals surface area contributed by atoms with Gasteiger partial charge in [-0.25, -0.2) is 0 Å². The number of carbonyl (C=O) groups is 1. The Balaban J connectivity index is 2.23. The Morgan fingerprint density at radius 3 is 2.41 bits per heavy atom. The number of methoxy groups -OCH3 is 1. The van der Waals surface area contributed by atoms with Gasteiger partial charge >= 0.3 is 0 Å². The molecule has 0 radical (unpaired) electrons. The van der Waals surface area contributed by atoms with Crippen molar-refractivity contribution in [2.45, 2.75) is 13.0 Å². The molecule has 22 heavy (non-hydrogen) atoms. The molecule has 0 spiro atoms. The van der Waals surface area contributed by atoms with E-state index >= 15 is 0 Å². The number of rotatable bonds is 4. The lowest BCUT2D eigenvalue weighted by atomic mass is 10.1. The Hall–Kier alpha value is -1.75. The molecule has 0 aliphatic carbocycles. The quantitative estimate of drug-likeness (QED) is 0.885. The fraction of sp³-hybridized carbons (Fsp3) is 0.188. The van der Waals surface area contributed by atoms with Gasteiger partial charge in [-0.05, 0) is 48.4 Å². The Kier molecular flexibility index (Phi) is 5.29. The second-order valence-electron chi connectivity index (χ2n) is 4.80. The summed E-state index contributed by atoms with van der Waals surface area (Å²) in [6, 6.07) is 9.88. The lowest BCUT2D eigenvalue weighted by Gasteiger charge is -2.15. The minimum Gasteiger partial charge on any atom is -0.495 e. The average Bonchev–Trinajstić information content (AvgIpc) is 2.45. The molecular formula is C16H15Cl2NO3. The van der Waals surface area contributed by atoms with E-state index in [1.807, 2.05) is 13.0 Å². The van der Waals surface area contributed by atoms with Gasteiger partial charge in [-0.2, -0.15) is 0 Å². The molecule has 2 N–H and O–H groups in total. The molecule has 1 atom stereocenters. The van der Waals surface area contributed by atoms with Gasteiger partial charge in [-0.1, -0.05) is 29.3 Å². The third-order valence-corrected chi connectivity index (χ3v) is 3.50. The van der Waals surface area contributed by atoms with Crippen molar-refractivity contribution in [1.29, 1.82) is 0 Å². The number of hydrogen-bond acceptors (Lipinski definition) is 3. The predicted octanol–water partition coefficient (Wildman–Crippen LogP) is 3.98. The zero-order valence-electron chi connectivity index (χ0n) is 12.1. The smallest absolute Gasteiger partial charge is 0.257 e. The van der Waals surface area contributed by atoms with Crippen LogP contribution in [0.15, 0.2) is 36.4 Å². The van der Waals surface area contributed by atoms with Crippen LogP contribution in [0.5, 0.6) is 5.75 Å². The number of nitrogens with one attached hydrogen (secondary N) is 1. The number of aliphatic hydroxyl groups excluding tert-OH is 1. The van der Waals surface area contributed by atoms with Gasteiger partial charge in [0.25, 0.3) is 5.91 Å². The van der Waals surface area contributed by atoms with Crippen molar-refractivity contribution in [3.05, 3.63) is 57.6 Å². The van der Waals surface area contributed by atoms with E-state index in [-0.39, 0.29) is 0 Å². The lowest BCUT2D eigenvalue weighted by molar-refractivity contribution is -0.124. The zero-order valence-corrected chi connectivity index (χ0v) is 13.6. The molecule has 0 saturated carbocycles. The fourth-order valence-corrected chi connectivity index (χ4v) is 2.55. The summed E-state index contributed by atoms with van der Waals surface area (Å²) in [5.74, 6) is -0.0856. The monoisotopic (exact) mass is 339 g/mol. The SMILES string of the molecule is COc1ccc(C)cc1NC(=O)C(O)c1cc(Cl)cc(Cl)c1. The summed E-state index contributed by atoms with van der Waals surface area (Å²) in [6.07, 6.45) is -1.39. The highest BCUT2D eigenvalue weighted by atomic mass is 35.5. The zero-order chi connectivity index (χ0) is 16.3. The van der Waals surface area contributed by atoms with Crippen LogP contribution in [0.25, 0.3) is 0 Å². The van der Waals surface area contributed by atoms with Crippen molar-refractivity contribution in [1.82, 2.24) is 0 Å². The molecule has 2 aromatic rings. The summed E-state index contributed by atoms with van der Waals surface area (Å²) >= 11 is 11.8. The van der Waals surface area contributed by atoms with Crippen LogP contribution in [0, 0.1) is 6.92 Å². The van der Waals surface area contributed by atoms with Gasteiger partial charge in [0.1, 0.15) is 5.75 Å². The summed E-state index contributed by atoms with van der Waals surface area (Å²) in [7, 11) is 1.51. The molecule has 0 bridgehead atoms. The van der Waals surface area contributed by atoms with Crippen LogP contribution < -0.4 is 10.1 Å². The van der Waals surface area contributed by atoms with E-state index in [1.54, 1.807) is 12.1 Å². The first-order valence-corrected chi connectivity index (χ1v) is 7.26. The molecule has 6 heteroatoms. The number of halogens is 2. The normalized spacial score (nSPS) is 11.9. The van der Waals surface area contributed by atoms with E-state index in [0.717, 1.165) is 5.56 Å². The summed E-state index contributed by atoms with van der Waals surface area (Å²) in [5, 5.41) is 13.5. The maximum Gasteiger partial charge on any atom is 0.257 e. The van der Waals surface area contributed by atoms with E-state index in [2.05, 4.69) is 5.32 Å². The van der Waals surface area contributed by atoms with Gasteiger partial charge in [-0.3, -0.25) is 4.79 Å². The van der Waals surface area contributed by atoms with Crippen LogP contribution in [-0.4, -0.2) is 18.1 Å². The van der Waals surface area contributed by atoms with Crippen LogP contribution in [0.1, 0.15) is 17.2 Å². The standard InChI is InChI=1S/C16H15Cl2NO3/c1-9-3-4-14(22-2)13(5-9)19-16(21)15(20)10-6-11(17)8-12(18)7-10/h3-8,15,20H,1-2H3,(H,19,21). The Labute approximate surface area is 138 Å². The molecule has 0 fully saturated rings. The molecule has 0 heterocycles. The minimum atomic E-state index is -1.39. The van der Waals surface area contributed by atoms with Gasteiger partial charge in [0.2, 0.25) is 0 Å². The number of ether oxygens (including phenoxy) is 1. The van der Waals surface area contributed by atoms with Crippen molar-refractivity contribution in [3.8, 4) is 5.75 Å². The first-order chi connectivity index (χ1) is 10.4. The Bertz CT molecular complexity index is 684. The van der Waals surface area contributed by atoms with Gasteiger partial charge in [0.15, 0.2) is 6.10 Å². The molecule has 1 amide bonds. The topological polar surface area (TPSA) is 58.6 Å². The lowest BCUT2D eigenvalue weighted by Crippen LogP contribution is -2.21. The van der Waals surface area contributed by atoms with Crippen molar-refractivity contribution < 1.29 is 14.6 Å². The highest BCUT2D eigenvalue weighted by Gasteiger charge is 2.20. The summed E-state index contributed by atoms with van der Waals surface area (Å²) < 4.78 is 5.19. The molecular weight excluding hydrogens is 325 g/mol. The molecule has 0 aliphatic rings. The van der Waals surface area contributed by atoms with Crippen LogP contribution in [-0.2, 0) is 4.79 Å². The van der Waals surface area contributed by atoms with E-state index in [0.29, 0.717) is 27.0 Å². The van der Waals surface area contributed by atoms with Crippen LogP contribution in [0.2, 0.25) is 10.0 Å². The molecule has 0 saturated heterocycles. The van der Waals surface area contributed by atoms with Crippen LogP contribution in [0.4, 0.5) is 5.69 Å². The highest BCUT2D eigenvalue weighted by molar-refractivity contribution is 6.34. The maximum absolute atomic E-state index is 12.2. The number of amides is 1. The van der Waals surface area contributed by atoms with Crippen molar-refractivity contribution in [2.75, 3.05) is 12.4 Å². The Morgan fingerprint density at radius 1 is 1.18 bits per heavy atom. The number of hydrogen-bond donors (Lipinski definition) is 2. The van der Waals surface area contributed by atoms with Crippen molar-refractivity contribution >= 4 is 34.8 Å². The van der Waals surface area contributed by atoms with E-state index < -0.39 is 12.0 Å². The third-order valence-electron chi connectivity index (χ3n) is 3.06. The van der Waals surface area contributed by atoms with Gasteiger partial charge < -0.3 is 15.2 Å². The highest BCUT2D eigenvalue weighted by Crippen LogP contribution is 2.28. The molecule has 2 rings (SSSR count). The van der Waals surface area contributed by atoms with Crippen molar-refractivity contribution in [2.24, 2.45) is 0 Å². The number of anilines is 1. The molecule has 1 unspecified atom stereocenters. The Morgan fingerprint density at radius 2 is 1.82 bits per heavy atom. The molecule has 116 valence electrons. The first-order valence-electron chi connectivity index (χ1n) is 6.50. The molecule has 2 aromatic carbocycles. The number of benzene rings is 2. The number of aliphatic hydroxyl groups is 1. The predicted molar refractivity (Wildman–Crippen MR) is 87.8 cm³/mol. The second-order valence-corrected chi connectivity index (χ2v) is 5.67. The third kappa shape index (κ3) is 3.91. The summed E-state index contributed by atoms with van der Waals surface area (Å²) in [5.41, 5.74) is 1.76. The number of carbonyl (C=O) groups excluding carboxylic acids is 1. The van der Waals surface area contributed by atoms with Crippen LogP contribution in [0.3, 0.4) is 0 Å². The van der Waals surface area contributed by atoms with Gasteiger partial charge in [0, 0.05) is 10.0 Å². The van der Waals surface area contributed by atoms with Gasteiger partial charge in [-0.15, -0.1) is 0 Å². The molecule has 0 aliphatic heterocycles. The van der Waals surface area contributed by atoms with E-state index in [4.69, 9.17) is 27.9 Å². The van der Waals surface area contributed by atoms with Crippen molar-refractivity contribution in [3.63, 3.8) is 0 Å². The van der Waals surface area contributed by atoms with Crippen LogP contribution >= 0.6 is 23.2 Å². The van der Waals surface area contributed by atoms with Gasteiger partial charge in [0.05, 0.1) is 12.8 Å². The maximum atomic E-state index is 12.2. The van der Waals surface area contributed by atoms with E-state index in [1.165, 1.54) is 25.3 Å². The second kappa shape index (κ2) is 7.01. The number of aryl methyl sites for hydroxylation is 1. The molecule has 4 nitrogen and oxygen atoms in total. The first kappa shape index (κ1) is 16.6. The average molecular weight is 340 g/mol. The largest absolute Gasteiger partial charge is 0.495 e. The summed E-state index contributed by atoms with van der Waals surface area (Å²) in [4.78, 5) is 12.2. The fourth-order valence-electron chi connectivity index (χ4n) is 2.01. The molecule has 0 aromatic heterocycles. The summed E-state index contributed by atoms with van der Waals surface area (Å²) in [6.45, 7) is 1.89. The minimum absolute atomic E-state index is 0.321.